The van der Waals surface area contributed by atoms with Gasteiger partial charge in [-0.15, -0.1) is 0 Å². The van der Waals surface area contributed by atoms with Crippen molar-refractivity contribution in [3.8, 4) is 5.95 Å². The molecule has 2 aromatic carbocycles. The highest BCUT2D eigenvalue weighted by Crippen LogP contribution is 2.25. The van der Waals surface area contributed by atoms with Crippen LogP contribution in [-0.2, 0) is 0 Å². The van der Waals surface area contributed by atoms with E-state index in [1.807, 2.05) is 0 Å². The van der Waals surface area contributed by atoms with E-state index in [9.17, 15) is 15.2 Å². The molecule has 0 saturated heterocycles. The summed E-state index contributed by atoms with van der Waals surface area (Å²) in [5, 5.41) is 21.1. The van der Waals surface area contributed by atoms with Crippen LogP contribution in [0.4, 0.5) is 11.4 Å². The van der Waals surface area contributed by atoms with Crippen LogP contribution in [0.15, 0.2) is 57.9 Å². The second-order valence-electron chi connectivity index (χ2n) is 5.14. The van der Waals surface area contributed by atoms with E-state index in [1.54, 1.807) is 42.5 Å². The first-order chi connectivity index (χ1) is 12.5. The SMILES string of the molecule is O=[N+]([O-])c1cccc(C=Cc2nc(C=Nc3ccccc3Cl)c(O)o2)c1. The molecule has 7 nitrogen and oxygen atoms in total. The van der Waals surface area contributed by atoms with E-state index < -0.39 is 4.92 Å². The molecule has 26 heavy (non-hydrogen) atoms. The number of oxazole rings is 1. The number of aliphatic imine (C=N–C) groups is 1. The Labute approximate surface area is 153 Å². The Bertz CT molecular complexity index is 1010. The molecule has 0 radical (unpaired) electrons. The predicted molar refractivity (Wildman–Crippen MR) is 98.9 cm³/mol. The highest BCUT2D eigenvalue weighted by atomic mass is 35.5. The first-order valence-corrected chi connectivity index (χ1v) is 7.81. The van der Waals surface area contributed by atoms with Gasteiger partial charge in [-0.1, -0.05) is 35.9 Å². The molecule has 0 spiro atoms. The second kappa shape index (κ2) is 7.62. The monoisotopic (exact) mass is 369 g/mol. The standard InChI is InChI=1S/C18H12ClN3O4/c19-14-6-1-2-7-15(14)20-11-16-18(23)26-17(21-16)9-8-12-4-3-5-13(10-12)22(24)25/h1-11,23H. The summed E-state index contributed by atoms with van der Waals surface area (Å²) in [7, 11) is 0. The summed E-state index contributed by atoms with van der Waals surface area (Å²) in [4.78, 5) is 18.6. The van der Waals surface area contributed by atoms with Gasteiger partial charge in [-0.3, -0.25) is 15.1 Å². The molecule has 0 fully saturated rings. The molecule has 3 rings (SSSR count). The topological polar surface area (TPSA) is 102 Å². The summed E-state index contributed by atoms with van der Waals surface area (Å²) >= 11 is 6.01. The van der Waals surface area contributed by atoms with Crippen molar-refractivity contribution >= 4 is 41.3 Å². The van der Waals surface area contributed by atoms with Gasteiger partial charge in [0, 0.05) is 18.2 Å². The van der Waals surface area contributed by atoms with Crippen LogP contribution in [0.2, 0.25) is 5.02 Å². The Kier molecular flexibility index (Phi) is 5.09. The zero-order valence-corrected chi connectivity index (χ0v) is 14.0. The van der Waals surface area contributed by atoms with Gasteiger partial charge >= 0.3 is 5.95 Å². The van der Waals surface area contributed by atoms with Gasteiger partial charge in [0.1, 0.15) is 0 Å². The molecule has 1 N–H and O–H groups in total. The van der Waals surface area contributed by atoms with Gasteiger partial charge in [0.25, 0.3) is 5.69 Å². The fraction of sp³-hybridized carbons (Fsp3) is 0. The van der Waals surface area contributed by atoms with E-state index in [4.69, 9.17) is 16.0 Å². The maximum absolute atomic E-state index is 10.8. The summed E-state index contributed by atoms with van der Waals surface area (Å²) in [6.07, 6.45) is 4.42. The van der Waals surface area contributed by atoms with Gasteiger partial charge in [-0.2, -0.15) is 0 Å². The lowest BCUT2D eigenvalue weighted by Gasteiger charge is -1.94. The van der Waals surface area contributed by atoms with Crippen LogP contribution in [-0.4, -0.2) is 21.2 Å². The molecule has 0 unspecified atom stereocenters. The summed E-state index contributed by atoms with van der Waals surface area (Å²) in [6.45, 7) is 0. The van der Waals surface area contributed by atoms with Crippen LogP contribution in [0.25, 0.3) is 12.2 Å². The van der Waals surface area contributed by atoms with Gasteiger partial charge in [0.2, 0.25) is 5.89 Å². The number of benzene rings is 2. The van der Waals surface area contributed by atoms with Crippen molar-refractivity contribution in [3.63, 3.8) is 0 Å². The quantitative estimate of drug-likeness (QED) is 0.393. The van der Waals surface area contributed by atoms with Crippen LogP contribution < -0.4 is 0 Å². The van der Waals surface area contributed by atoms with Gasteiger partial charge < -0.3 is 9.52 Å². The van der Waals surface area contributed by atoms with E-state index in [0.29, 0.717) is 16.3 Å². The molecule has 0 aliphatic heterocycles. The highest BCUT2D eigenvalue weighted by Gasteiger charge is 2.09. The molecule has 130 valence electrons. The molecule has 0 saturated carbocycles. The van der Waals surface area contributed by atoms with Crippen LogP contribution in [0.1, 0.15) is 17.1 Å². The predicted octanol–water partition coefficient (Wildman–Crippen LogP) is 4.86. The Morgan fingerprint density at radius 1 is 1.19 bits per heavy atom. The van der Waals surface area contributed by atoms with Gasteiger partial charge in [-0.25, -0.2) is 4.98 Å². The van der Waals surface area contributed by atoms with Gasteiger partial charge in [0.05, 0.1) is 21.8 Å². The Morgan fingerprint density at radius 3 is 2.77 bits per heavy atom. The molecule has 0 aliphatic carbocycles. The first kappa shape index (κ1) is 17.4. The molecule has 3 aromatic rings. The number of non-ortho nitro benzene ring substituents is 1. The second-order valence-corrected chi connectivity index (χ2v) is 5.54. The van der Waals surface area contributed by atoms with E-state index >= 15 is 0 Å². The third kappa shape index (κ3) is 4.14. The van der Waals surface area contributed by atoms with Crippen LogP contribution >= 0.6 is 11.6 Å². The van der Waals surface area contributed by atoms with Crippen molar-refractivity contribution in [2.45, 2.75) is 0 Å². The van der Waals surface area contributed by atoms with E-state index in [-0.39, 0.29) is 23.2 Å². The molecular weight excluding hydrogens is 358 g/mol. The maximum atomic E-state index is 10.8. The van der Waals surface area contributed by atoms with Crippen LogP contribution in [0, 0.1) is 10.1 Å². The Morgan fingerprint density at radius 2 is 2.00 bits per heavy atom. The van der Waals surface area contributed by atoms with E-state index in [0.717, 1.165) is 0 Å². The van der Waals surface area contributed by atoms with E-state index in [1.165, 1.54) is 24.4 Å². The summed E-state index contributed by atoms with van der Waals surface area (Å²) in [5.41, 5.74) is 1.26. The number of hydrogen-bond donors (Lipinski definition) is 1. The molecule has 0 amide bonds. The smallest absolute Gasteiger partial charge is 0.312 e. The number of nitrogens with zero attached hydrogens (tertiary/aromatic N) is 3. The van der Waals surface area contributed by atoms with Gasteiger partial charge in [0.15, 0.2) is 5.69 Å². The van der Waals surface area contributed by atoms with Crippen molar-refractivity contribution in [2.75, 3.05) is 0 Å². The normalized spacial score (nSPS) is 11.4. The average Bonchev–Trinajstić information content (AvgIpc) is 2.99. The van der Waals surface area contributed by atoms with Gasteiger partial charge in [-0.05, 0) is 23.8 Å². The van der Waals surface area contributed by atoms with Crippen LogP contribution in [0.5, 0.6) is 5.95 Å². The lowest BCUT2D eigenvalue weighted by molar-refractivity contribution is -0.384. The number of halogens is 1. The van der Waals surface area contributed by atoms with Crippen molar-refractivity contribution in [3.05, 3.63) is 80.8 Å². The molecule has 1 heterocycles. The molecule has 1 aromatic heterocycles. The molecule has 0 aliphatic rings. The number of aromatic hydroxyl groups is 1. The molecule has 0 atom stereocenters. The first-order valence-electron chi connectivity index (χ1n) is 7.44. The fourth-order valence-corrected chi connectivity index (χ4v) is 2.28. The van der Waals surface area contributed by atoms with Crippen LogP contribution in [0.3, 0.4) is 0 Å². The molecule has 8 heteroatoms. The number of nitro benzene ring substituents is 1. The summed E-state index contributed by atoms with van der Waals surface area (Å²) in [5.74, 6) is -0.255. The van der Waals surface area contributed by atoms with Crippen molar-refractivity contribution in [1.29, 1.82) is 0 Å². The molecule has 0 bridgehead atoms. The summed E-state index contributed by atoms with van der Waals surface area (Å²) < 4.78 is 5.13. The number of para-hydroxylation sites is 1. The zero-order valence-electron chi connectivity index (χ0n) is 13.2. The van der Waals surface area contributed by atoms with Crippen molar-refractivity contribution < 1.29 is 14.4 Å². The zero-order chi connectivity index (χ0) is 18.5. The maximum Gasteiger partial charge on any atom is 0.312 e. The van der Waals surface area contributed by atoms with Crippen molar-refractivity contribution in [1.82, 2.24) is 4.98 Å². The number of aromatic nitrogens is 1. The van der Waals surface area contributed by atoms with Crippen molar-refractivity contribution in [2.24, 2.45) is 4.99 Å². The minimum Gasteiger partial charge on any atom is -0.479 e. The number of hydrogen-bond acceptors (Lipinski definition) is 6. The minimum absolute atomic E-state index is 0.0186. The Balaban J connectivity index is 1.79. The third-order valence-electron chi connectivity index (χ3n) is 3.33. The number of nitro groups is 1. The highest BCUT2D eigenvalue weighted by molar-refractivity contribution is 6.33. The lowest BCUT2D eigenvalue weighted by atomic mass is 10.2. The average molecular weight is 370 g/mol. The Hall–Kier alpha value is -3.45. The summed E-state index contributed by atoms with van der Waals surface area (Å²) in [6, 6.07) is 13.1. The fourth-order valence-electron chi connectivity index (χ4n) is 2.09. The largest absolute Gasteiger partial charge is 0.479 e. The van der Waals surface area contributed by atoms with E-state index in [2.05, 4.69) is 9.98 Å². The lowest BCUT2D eigenvalue weighted by Crippen LogP contribution is -1.87. The number of rotatable bonds is 5. The molecular formula is C18H12ClN3O4. The minimum atomic E-state index is -0.475. The third-order valence-corrected chi connectivity index (χ3v) is 3.65.